The van der Waals surface area contributed by atoms with E-state index in [9.17, 15) is 4.79 Å². The summed E-state index contributed by atoms with van der Waals surface area (Å²) in [6.45, 7) is 6.40. The van der Waals surface area contributed by atoms with Crippen LogP contribution >= 0.6 is 0 Å². The Morgan fingerprint density at radius 3 is 2.35 bits per heavy atom. The number of carbonyl (C=O) groups is 1. The first-order chi connectivity index (χ1) is 7.90. The molecule has 0 aliphatic carbocycles. The summed E-state index contributed by atoms with van der Waals surface area (Å²) in [5.74, 6) is 0.538. The minimum Gasteiger partial charge on any atom is -0.496 e. The lowest BCUT2D eigenvalue weighted by Gasteiger charge is -2.20. The quantitative estimate of drug-likeness (QED) is 0.754. The Bertz CT molecular complexity index is 402. The molecule has 1 rings (SSSR count). The highest BCUT2D eigenvalue weighted by Gasteiger charge is 2.18. The molecule has 0 aliphatic rings. The molecule has 0 fully saturated rings. The van der Waals surface area contributed by atoms with E-state index in [1.54, 1.807) is 7.11 Å². The molecule has 17 heavy (non-hydrogen) atoms. The highest BCUT2D eigenvalue weighted by Crippen LogP contribution is 2.28. The van der Waals surface area contributed by atoms with Crippen molar-refractivity contribution in [2.75, 3.05) is 20.8 Å². The fraction of sp³-hybridized carbons (Fsp3) is 0.500. The smallest absolute Gasteiger partial charge is 0.192 e. The molecule has 0 atom stereocenters. The number of rotatable bonds is 4. The monoisotopic (exact) mass is 236 g/mol. The molecule has 0 saturated heterocycles. The minimum absolute atomic E-state index is 0.00831. The Kier molecular flexibility index (Phi) is 4.29. The summed E-state index contributed by atoms with van der Waals surface area (Å²) in [4.78, 5) is 11.9. The van der Waals surface area contributed by atoms with Gasteiger partial charge in [-0.3, -0.25) is 4.79 Å². The number of ketones is 1. The number of hydrogen-bond donors (Lipinski definition) is 0. The molecule has 0 bridgehead atoms. The molecule has 0 aromatic heterocycles. The Balaban J connectivity index is 3.20. The van der Waals surface area contributed by atoms with Gasteiger partial charge in [0.2, 0.25) is 0 Å². The molecule has 0 saturated carbocycles. The molecule has 0 N–H and O–H groups in total. The van der Waals surface area contributed by atoms with Crippen LogP contribution in [0.4, 0.5) is 0 Å². The highest BCUT2D eigenvalue weighted by molar-refractivity contribution is 5.99. The molecule has 0 heterocycles. The molecule has 3 nitrogen and oxygen atoms in total. The SMILES string of the molecule is COCC(=O)c1cc(C(C)(C)C)ccc1OC. The second-order valence-corrected chi connectivity index (χ2v) is 5.02. The molecule has 0 amide bonds. The van der Waals surface area contributed by atoms with Crippen molar-refractivity contribution in [3.63, 3.8) is 0 Å². The number of ether oxygens (including phenoxy) is 2. The molecule has 0 spiro atoms. The van der Waals surface area contributed by atoms with E-state index in [1.165, 1.54) is 7.11 Å². The van der Waals surface area contributed by atoms with Crippen molar-refractivity contribution in [1.29, 1.82) is 0 Å². The van der Waals surface area contributed by atoms with Gasteiger partial charge >= 0.3 is 0 Å². The molecule has 1 aromatic rings. The van der Waals surface area contributed by atoms with Gasteiger partial charge in [0, 0.05) is 7.11 Å². The molecule has 94 valence electrons. The number of carbonyl (C=O) groups excluding carboxylic acids is 1. The third kappa shape index (κ3) is 3.30. The Hall–Kier alpha value is -1.35. The van der Waals surface area contributed by atoms with Crippen molar-refractivity contribution in [1.82, 2.24) is 0 Å². The van der Waals surface area contributed by atoms with Crippen molar-refractivity contribution >= 4 is 5.78 Å². The molecular weight excluding hydrogens is 216 g/mol. The Morgan fingerprint density at radius 2 is 1.88 bits per heavy atom. The van der Waals surface area contributed by atoms with E-state index in [2.05, 4.69) is 20.8 Å². The van der Waals surface area contributed by atoms with Gasteiger partial charge in [-0.2, -0.15) is 0 Å². The third-order valence-corrected chi connectivity index (χ3v) is 2.64. The Morgan fingerprint density at radius 1 is 1.24 bits per heavy atom. The summed E-state index contributed by atoms with van der Waals surface area (Å²) < 4.78 is 10.1. The van der Waals surface area contributed by atoms with Gasteiger partial charge in [0.1, 0.15) is 12.4 Å². The lowest BCUT2D eigenvalue weighted by atomic mass is 9.85. The molecule has 1 aromatic carbocycles. The van der Waals surface area contributed by atoms with Gasteiger partial charge < -0.3 is 9.47 Å². The average molecular weight is 236 g/mol. The summed E-state index contributed by atoms with van der Waals surface area (Å²) in [5.41, 5.74) is 1.70. The van der Waals surface area contributed by atoms with Crippen LogP contribution in [0.15, 0.2) is 18.2 Å². The van der Waals surface area contributed by atoms with Crippen LogP contribution < -0.4 is 4.74 Å². The van der Waals surface area contributed by atoms with E-state index in [-0.39, 0.29) is 17.8 Å². The topological polar surface area (TPSA) is 35.5 Å². The second-order valence-electron chi connectivity index (χ2n) is 5.02. The predicted octanol–water partition coefficient (Wildman–Crippen LogP) is 2.82. The standard InChI is InChI=1S/C14H20O3/c1-14(2,3)10-6-7-13(17-5)11(8-10)12(15)9-16-4/h6-8H,9H2,1-5H3. The maximum absolute atomic E-state index is 11.9. The zero-order valence-corrected chi connectivity index (χ0v) is 11.2. The van der Waals surface area contributed by atoms with Crippen molar-refractivity contribution in [2.45, 2.75) is 26.2 Å². The number of methoxy groups -OCH3 is 2. The molecule has 0 radical (unpaired) electrons. The van der Waals surface area contributed by atoms with Crippen LogP contribution in [0.2, 0.25) is 0 Å². The zero-order chi connectivity index (χ0) is 13.1. The largest absolute Gasteiger partial charge is 0.496 e. The fourth-order valence-electron chi connectivity index (χ4n) is 1.60. The van der Waals surface area contributed by atoms with Gasteiger partial charge in [-0.1, -0.05) is 26.8 Å². The summed E-state index contributed by atoms with van der Waals surface area (Å²) in [6, 6.07) is 5.71. The van der Waals surface area contributed by atoms with Crippen LogP contribution in [-0.2, 0) is 10.2 Å². The fourth-order valence-corrected chi connectivity index (χ4v) is 1.60. The van der Waals surface area contributed by atoms with Gasteiger partial charge in [-0.15, -0.1) is 0 Å². The normalized spacial score (nSPS) is 11.4. The number of hydrogen-bond acceptors (Lipinski definition) is 3. The number of Topliss-reactive ketones (excluding diaryl/α,β-unsaturated/α-hetero) is 1. The molecule has 3 heteroatoms. The first-order valence-electron chi connectivity index (χ1n) is 5.61. The average Bonchev–Trinajstić information content (AvgIpc) is 2.27. The summed E-state index contributed by atoms with van der Waals surface area (Å²) in [6.07, 6.45) is 0. The summed E-state index contributed by atoms with van der Waals surface area (Å²) >= 11 is 0. The van der Waals surface area contributed by atoms with Crippen molar-refractivity contribution < 1.29 is 14.3 Å². The zero-order valence-electron chi connectivity index (χ0n) is 11.2. The molecule has 0 aliphatic heterocycles. The first-order valence-corrected chi connectivity index (χ1v) is 5.61. The van der Waals surface area contributed by atoms with E-state index in [4.69, 9.17) is 9.47 Å². The van der Waals surface area contributed by atoms with E-state index in [1.807, 2.05) is 18.2 Å². The van der Waals surface area contributed by atoms with E-state index < -0.39 is 0 Å². The summed E-state index contributed by atoms with van der Waals surface area (Å²) in [7, 11) is 3.08. The van der Waals surface area contributed by atoms with Crippen LogP contribution in [0, 0.1) is 0 Å². The second kappa shape index (κ2) is 5.32. The van der Waals surface area contributed by atoms with E-state index in [0.717, 1.165) is 5.56 Å². The van der Waals surface area contributed by atoms with Crippen LogP contribution in [0.5, 0.6) is 5.75 Å². The first kappa shape index (κ1) is 13.7. The summed E-state index contributed by atoms with van der Waals surface area (Å²) in [5, 5.41) is 0. The lowest BCUT2D eigenvalue weighted by Crippen LogP contribution is -2.14. The van der Waals surface area contributed by atoms with Crippen molar-refractivity contribution in [2.24, 2.45) is 0 Å². The van der Waals surface area contributed by atoms with Crippen LogP contribution in [0.25, 0.3) is 0 Å². The van der Waals surface area contributed by atoms with Crippen LogP contribution in [0.1, 0.15) is 36.7 Å². The maximum atomic E-state index is 11.9. The van der Waals surface area contributed by atoms with Gasteiger partial charge in [0.25, 0.3) is 0 Å². The third-order valence-electron chi connectivity index (χ3n) is 2.64. The molecule has 0 unspecified atom stereocenters. The van der Waals surface area contributed by atoms with Gasteiger partial charge in [0.05, 0.1) is 12.7 Å². The maximum Gasteiger partial charge on any atom is 0.192 e. The Labute approximate surface area is 103 Å². The molecular formula is C14H20O3. The highest BCUT2D eigenvalue weighted by atomic mass is 16.5. The van der Waals surface area contributed by atoms with Crippen LogP contribution in [-0.4, -0.2) is 26.6 Å². The van der Waals surface area contributed by atoms with Gasteiger partial charge in [0.15, 0.2) is 5.78 Å². The van der Waals surface area contributed by atoms with Crippen molar-refractivity contribution in [3.05, 3.63) is 29.3 Å². The minimum atomic E-state index is -0.0598. The van der Waals surface area contributed by atoms with Crippen molar-refractivity contribution in [3.8, 4) is 5.75 Å². The van der Waals surface area contributed by atoms with Gasteiger partial charge in [-0.25, -0.2) is 0 Å². The van der Waals surface area contributed by atoms with E-state index >= 15 is 0 Å². The van der Waals surface area contributed by atoms with Crippen LogP contribution in [0.3, 0.4) is 0 Å². The predicted molar refractivity (Wildman–Crippen MR) is 67.9 cm³/mol. The lowest BCUT2D eigenvalue weighted by molar-refractivity contribution is 0.0845. The van der Waals surface area contributed by atoms with Gasteiger partial charge in [-0.05, 0) is 23.1 Å². The number of benzene rings is 1. The van der Waals surface area contributed by atoms with E-state index in [0.29, 0.717) is 11.3 Å².